The van der Waals surface area contributed by atoms with E-state index in [1.807, 2.05) is 24.3 Å². The topological polar surface area (TPSA) is 52.3 Å². The Bertz CT molecular complexity index is 512. The van der Waals surface area contributed by atoms with Crippen LogP contribution in [0.5, 0.6) is 0 Å². The van der Waals surface area contributed by atoms with Crippen LogP contribution in [0.1, 0.15) is 18.7 Å². The molecule has 0 atom stereocenters. The lowest BCUT2D eigenvalue weighted by atomic mass is 10.2. The van der Waals surface area contributed by atoms with E-state index in [-0.39, 0.29) is 5.97 Å². The van der Waals surface area contributed by atoms with Gasteiger partial charge in [-0.1, -0.05) is 18.7 Å². The zero-order valence-electron chi connectivity index (χ0n) is 10.1. The van der Waals surface area contributed by atoms with Gasteiger partial charge in [-0.3, -0.25) is 0 Å². The average molecular weight is 245 g/mol. The third-order valence-corrected chi connectivity index (χ3v) is 2.53. The smallest absolute Gasteiger partial charge is 0.330 e. The standard InChI is InChI=1S/C14H15NO3/c1-2-14(16)17-10-6-5-9-13-15-11-7-3-4-8-12(11)18-13/h2-4,7-8H,1,5-6,9-10H2. The molecule has 4 heteroatoms. The molecule has 0 spiro atoms. The first-order valence-electron chi connectivity index (χ1n) is 5.93. The molecule has 0 amide bonds. The molecular weight excluding hydrogens is 230 g/mol. The Balaban J connectivity index is 1.76. The van der Waals surface area contributed by atoms with Gasteiger partial charge in [0, 0.05) is 12.5 Å². The summed E-state index contributed by atoms with van der Waals surface area (Å²) >= 11 is 0. The summed E-state index contributed by atoms with van der Waals surface area (Å²) in [6.07, 6.45) is 3.58. The molecule has 0 unspecified atom stereocenters. The molecule has 94 valence electrons. The largest absolute Gasteiger partial charge is 0.463 e. The van der Waals surface area contributed by atoms with E-state index in [1.165, 1.54) is 6.08 Å². The summed E-state index contributed by atoms with van der Waals surface area (Å²) in [5, 5.41) is 0. The first kappa shape index (κ1) is 12.4. The van der Waals surface area contributed by atoms with Gasteiger partial charge < -0.3 is 9.15 Å². The van der Waals surface area contributed by atoms with E-state index in [0.29, 0.717) is 6.61 Å². The maximum absolute atomic E-state index is 10.8. The summed E-state index contributed by atoms with van der Waals surface area (Å²) in [5.41, 5.74) is 1.69. The number of benzene rings is 1. The van der Waals surface area contributed by atoms with Gasteiger partial charge in [0.1, 0.15) is 5.52 Å². The number of aromatic nitrogens is 1. The van der Waals surface area contributed by atoms with E-state index in [1.54, 1.807) is 0 Å². The number of ether oxygens (including phenoxy) is 1. The van der Waals surface area contributed by atoms with Crippen LogP contribution < -0.4 is 0 Å². The lowest BCUT2D eigenvalue weighted by Crippen LogP contribution is -2.02. The molecule has 0 aliphatic rings. The molecule has 0 fully saturated rings. The number of unbranched alkanes of at least 4 members (excludes halogenated alkanes) is 1. The highest BCUT2D eigenvalue weighted by Crippen LogP contribution is 2.15. The van der Waals surface area contributed by atoms with Crippen LogP contribution in [0.25, 0.3) is 11.1 Å². The number of hydrogen-bond donors (Lipinski definition) is 0. The van der Waals surface area contributed by atoms with Crippen LogP contribution in [0.4, 0.5) is 0 Å². The molecule has 0 N–H and O–H groups in total. The molecule has 1 aromatic carbocycles. The van der Waals surface area contributed by atoms with Crippen LogP contribution in [0.15, 0.2) is 41.3 Å². The Morgan fingerprint density at radius 3 is 3.00 bits per heavy atom. The van der Waals surface area contributed by atoms with Crippen LogP contribution in [-0.4, -0.2) is 17.6 Å². The summed E-state index contributed by atoms with van der Waals surface area (Å²) in [5.74, 6) is 0.350. The molecule has 0 aliphatic carbocycles. The maximum Gasteiger partial charge on any atom is 0.330 e. The SMILES string of the molecule is C=CC(=O)OCCCCc1nc2ccccc2o1. The summed E-state index contributed by atoms with van der Waals surface area (Å²) < 4.78 is 10.5. The van der Waals surface area contributed by atoms with E-state index in [0.717, 1.165) is 36.3 Å². The van der Waals surface area contributed by atoms with Crippen molar-refractivity contribution in [2.75, 3.05) is 6.61 Å². The third-order valence-electron chi connectivity index (χ3n) is 2.53. The normalized spacial score (nSPS) is 10.4. The lowest BCUT2D eigenvalue weighted by Gasteiger charge is -2.00. The number of fused-ring (bicyclic) bond motifs is 1. The number of nitrogens with zero attached hydrogens (tertiary/aromatic N) is 1. The minimum absolute atomic E-state index is 0.378. The predicted octanol–water partition coefficient (Wildman–Crippen LogP) is 2.88. The second-order valence-corrected chi connectivity index (χ2v) is 3.90. The summed E-state index contributed by atoms with van der Waals surface area (Å²) in [7, 11) is 0. The molecule has 1 aromatic heterocycles. The molecule has 1 heterocycles. The van der Waals surface area contributed by atoms with Gasteiger partial charge >= 0.3 is 5.97 Å². The Labute approximate surface area is 105 Å². The molecule has 2 rings (SSSR count). The van der Waals surface area contributed by atoms with Gasteiger partial charge in [-0.25, -0.2) is 9.78 Å². The van der Waals surface area contributed by atoms with Crippen molar-refractivity contribution in [1.82, 2.24) is 4.98 Å². The number of rotatable bonds is 6. The average Bonchev–Trinajstić information content (AvgIpc) is 2.80. The number of hydrogen-bond acceptors (Lipinski definition) is 4. The third kappa shape index (κ3) is 3.20. The fraction of sp³-hybridized carbons (Fsp3) is 0.286. The fourth-order valence-corrected chi connectivity index (χ4v) is 1.64. The zero-order chi connectivity index (χ0) is 12.8. The molecular formula is C14H15NO3. The van der Waals surface area contributed by atoms with Crippen molar-refractivity contribution in [3.63, 3.8) is 0 Å². The second-order valence-electron chi connectivity index (χ2n) is 3.90. The number of esters is 1. The number of aryl methyl sites for hydroxylation is 1. The minimum atomic E-state index is -0.378. The molecule has 2 aromatic rings. The molecule has 0 bridgehead atoms. The predicted molar refractivity (Wildman–Crippen MR) is 68.1 cm³/mol. The number of carbonyl (C=O) groups excluding carboxylic acids is 1. The number of oxazole rings is 1. The first-order chi connectivity index (χ1) is 8.79. The van der Waals surface area contributed by atoms with Gasteiger partial charge in [0.2, 0.25) is 0 Å². The Morgan fingerprint density at radius 1 is 1.39 bits per heavy atom. The molecule has 0 radical (unpaired) electrons. The lowest BCUT2D eigenvalue weighted by molar-refractivity contribution is -0.137. The van der Waals surface area contributed by atoms with Gasteiger partial charge in [0.25, 0.3) is 0 Å². The highest BCUT2D eigenvalue weighted by atomic mass is 16.5. The molecule has 4 nitrogen and oxygen atoms in total. The van der Waals surface area contributed by atoms with E-state index < -0.39 is 0 Å². The van der Waals surface area contributed by atoms with Crippen LogP contribution in [0.3, 0.4) is 0 Å². The summed E-state index contributed by atoms with van der Waals surface area (Å²) in [6.45, 7) is 3.74. The summed E-state index contributed by atoms with van der Waals surface area (Å²) in [6, 6.07) is 7.68. The zero-order valence-corrected chi connectivity index (χ0v) is 10.1. The van der Waals surface area contributed by atoms with Crippen molar-refractivity contribution in [3.05, 3.63) is 42.8 Å². The van der Waals surface area contributed by atoms with Crippen molar-refractivity contribution in [2.45, 2.75) is 19.3 Å². The summed E-state index contributed by atoms with van der Waals surface area (Å²) in [4.78, 5) is 15.2. The van der Waals surface area contributed by atoms with Gasteiger partial charge in [-0.15, -0.1) is 0 Å². The van der Waals surface area contributed by atoms with Crippen LogP contribution in [0, 0.1) is 0 Å². The number of para-hydroxylation sites is 2. The van der Waals surface area contributed by atoms with Crippen molar-refractivity contribution in [1.29, 1.82) is 0 Å². The van der Waals surface area contributed by atoms with E-state index in [9.17, 15) is 4.79 Å². The Kier molecular flexibility index (Phi) is 4.12. The van der Waals surface area contributed by atoms with Gasteiger partial charge in [-0.2, -0.15) is 0 Å². The number of carbonyl (C=O) groups is 1. The fourth-order valence-electron chi connectivity index (χ4n) is 1.64. The van der Waals surface area contributed by atoms with E-state index >= 15 is 0 Å². The van der Waals surface area contributed by atoms with Crippen molar-refractivity contribution >= 4 is 17.1 Å². The van der Waals surface area contributed by atoms with Gasteiger partial charge in [0.05, 0.1) is 6.61 Å². The van der Waals surface area contributed by atoms with E-state index in [4.69, 9.17) is 9.15 Å². The molecule has 18 heavy (non-hydrogen) atoms. The quantitative estimate of drug-likeness (QED) is 0.446. The molecule has 0 saturated heterocycles. The monoisotopic (exact) mass is 245 g/mol. The minimum Gasteiger partial charge on any atom is -0.463 e. The second kappa shape index (κ2) is 6.00. The Hall–Kier alpha value is -2.10. The van der Waals surface area contributed by atoms with Crippen molar-refractivity contribution < 1.29 is 13.9 Å². The van der Waals surface area contributed by atoms with Crippen LogP contribution in [0.2, 0.25) is 0 Å². The van der Waals surface area contributed by atoms with Crippen molar-refractivity contribution in [3.8, 4) is 0 Å². The highest BCUT2D eigenvalue weighted by Gasteiger charge is 2.04. The van der Waals surface area contributed by atoms with Gasteiger partial charge in [-0.05, 0) is 25.0 Å². The van der Waals surface area contributed by atoms with Crippen LogP contribution in [-0.2, 0) is 16.0 Å². The van der Waals surface area contributed by atoms with Gasteiger partial charge in [0.15, 0.2) is 11.5 Å². The molecule has 0 saturated carbocycles. The first-order valence-corrected chi connectivity index (χ1v) is 5.93. The Morgan fingerprint density at radius 2 is 2.22 bits per heavy atom. The molecule has 0 aliphatic heterocycles. The highest BCUT2D eigenvalue weighted by molar-refractivity contribution is 5.81. The maximum atomic E-state index is 10.8. The van der Waals surface area contributed by atoms with Crippen molar-refractivity contribution in [2.24, 2.45) is 0 Å². The van der Waals surface area contributed by atoms with E-state index in [2.05, 4.69) is 11.6 Å². The van der Waals surface area contributed by atoms with Crippen LogP contribution >= 0.6 is 0 Å².